The quantitative estimate of drug-likeness (QED) is 0.797. The SMILES string of the molecule is CC(OCC(C)(C)N1C(=O)c2ccccc2C1=O)C(=O)Nc1ccccc1. The second-order valence-electron chi connectivity index (χ2n) is 7.11. The maximum absolute atomic E-state index is 12.6. The fourth-order valence-electron chi connectivity index (χ4n) is 2.97. The van der Waals surface area contributed by atoms with E-state index in [0.717, 1.165) is 0 Å². The molecule has 0 bridgehead atoms. The molecule has 1 heterocycles. The van der Waals surface area contributed by atoms with Crippen LogP contribution in [0.1, 0.15) is 41.5 Å². The molecule has 0 spiro atoms. The fourth-order valence-corrected chi connectivity index (χ4v) is 2.97. The zero-order valence-electron chi connectivity index (χ0n) is 15.6. The molecule has 1 N–H and O–H groups in total. The van der Waals surface area contributed by atoms with Gasteiger partial charge in [-0.1, -0.05) is 30.3 Å². The number of amides is 3. The Morgan fingerprint density at radius 3 is 2.07 bits per heavy atom. The van der Waals surface area contributed by atoms with Crippen LogP contribution < -0.4 is 5.32 Å². The third-order valence-electron chi connectivity index (χ3n) is 4.50. The minimum Gasteiger partial charge on any atom is -0.366 e. The van der Waals surface area contributed by atoms with Gasteiger partial charge in [-0.25, -0.2) is 0 Å². The Bertz CT molecular complexity index is 842. The van der Waals surface area contributed by atoms with Crippen LogP contribution in [-0.2, 0) is 9.53 Å². The number of nitrogens with one attached hydrogen (secondary N) is 1. The lowest BCUT2D eigenvalue weighted by atomic mass is 10.0. The minimum atomic E-state index is -0.894. The molecule has 3 rings (SSSR count). The zero-order valence-corrected chi connectivity index (χ0v) is 15.6. The molecule has 0 saturated heterocycles. The van der Waals surface area contributed by atoms with Gasteiger partial charge in [0.2, 0.25) is 0 Å². The summed E-state index contributed by atoms with van der Waals surface area (Å²) >= 11 is 0. The first-order valence-corrected chi connectivity index (χ1v) is 8.77. The number of anilines is 1. The molecule has 2 aromatic rings. The summed E-state index contributed by atoms with van der Waals surface area (Å²) in [6.45, 7) is 5.17. The second-order valence-corrected chi connectivity index (χ2v) is 7.11. The first kappa shape index (κ1) is 18.8. The van der Waals surface area contributed by atoms with Crippen LogP contribution >= 0.6 is 0 Å². The van der Waals surface area contributed by atoms with Crippen molar-refractivity contribution in [2.45, 2.75) is 32.4 Å². The Hall–Kier alpha value is -2.99. The van der Waals surface area contributed by atoms with Crippen molar-refractivity contribution in [3.8, 4) is 0 Å². The van der Waals surface area contributed by atoms with E-state index in [2.05, 4.69) is 5.32 Å². The summed E-state index contributed by atoms with van der Waals surface area (Å²) in [4.78, 5) is 38.8. The summed E-state index contributed by atoms with van der Waals surface area (Å²) in [6, 6.07) is 15.8. The van der Waals surface area contributed by atoms with E-state index in [1.54, 1.807) is 57.2 Å². The molecule has 1 aliphatic rings. The Morgan fingerprint density at radius 1 is 1.00 bits per heavy atom. The number of ether oxygens (including phenoxy) is 1. The van der Waals surface area contributed by atoms with Crippen LogP contribution in [0.5, 0.6) is 0 Å². The summed E-state index contributed by atoms with van der Waals surface area (Å²) in [5.41, 5.74) is 0.572. The van der Waals surface area contributed by atoms with Crippen molar-refractivity contribution in [3.05, 3.63) is 65.7 Å². The number of fused-ring (bicyclic) bond motifs is 1. The maximum atomic E-state index is 12.6. The van der Waals surface area contributed by atoms with Crippen molar-refractivity contribution in [1.82, 2.24) is 4.90 Å². The Balaban J connectivity index is 1.64. The molecule has 6 nitrogen and oxygen atoms in total. The van der Waals surface area contributed by atoms with E-state index in [-0.39, 0.29) is 24.3 Å². The summed E-state index contributed by atoms with van der Waals surface area (Å²) in [5.74, 6) is -0.976. The van der Waals surface area contributed by atoms with Crippen LogP contribution in [0.25, 0.3) is 0 Å². The number of imide groups is 1. The molecule has 140 valence electrons. The lowest BCUT2D eigenvalue weighted by Crippen LogP contribution is -2.51. The Labute approximate surface area is 158 Å². The number of nitrogens with zero attached hydrogens (tertiary/aromatic N) is 1. The van der Waals surface area contributed by atoms with Crippen LogP contribution in [0.2, 0.25) is 0 Å². The number of carbonyl (C=O) groups is 3. The normalized spacial score (nSPS) is 14.9. The molecule has 0 saturated carbocycles. The van der Waals surface area contributed by atoms with E-state index in [0.29, 0.717) is 16.8 Å². The van der Waals surface area contributed by atoms with Gasteiger partial charge in [0.15, 0.2) is 0 Å². The van der Waals surface area contributed by atoms with Gasteiger partial charge in [0.25, 0.3) is 17.7 Å². The summed E-state index contributed by atoms with van der Waals surface area (Å²) < 4.78 is 5.69. The average Bonchev–Trinajstić information content (AvgIpc) is 2.92. The van der Waals surface area contributed by atoms with Gasteiger partial charge in [-0.05, 0) is 45.0 Å². The highest BCUT2D eigenvalue weighted by Crippen LogP contribution is 2.29. The van der Waals surface area contributed by atoms with Crippen molar-refractivity contribution in [2.24, 2.45) is 0 Å². The van der Waals surface area contributed by atoms with E-state index in [1.165, 1.54) is 4.90 Å². The molecular weight excluding hydrogens is 344 g/mol. The largest absolute Gasteiger partial charge is 0.366 e. The lowest BCUT2D eigenvalue weighted by Gasteiger charge is -2.34. The molecule has 0 aromatic heterocycles. The van der Waals surface area contributed by atoms with E-state index in [1.807, 2.05) is 18.2 Å². The first-order valence-electron chi connectivity index (χ1n) is 8.77. The van der Waals surface area contributed by atoms with Crippen molar-refractivity contribution >= 4 is 23.4 Å². The van der Waals surface area contributed by atoms with Gasteiger partial charge in [-0.3, -0.25) is 19.3 Å². The van der Waals surface area contributed by atoms with Crippen LogP contribution in [0.3, 0.4) is 0 Å². The van der Waals surface area contributed by atoms with Crippen molar-refractivity contribution in [1.29, 1.82) is 0 Å². The smallest absolute Gasteiger partial charge is 0.262 e. The third-order valence-corrected chi connectivity index (χ3v) is 4.50. The molecular formula is C21H22N2O4. The molecule has 1 atom stereocenters. The van der Waals surface area contributed by atoms with Gasteiger partial charge in [-0.15, -0.1) is 0 Å². The summed E-state index contributed by atoms with van der Waals surface area (Å²) in [5, 5.41) is 2.77. The molecule has 3 amide bonds. The van der Waals surface area contributed by atoms with Crippen LogP contribution in [0.15, 0.2) is 54.6 Å². The Morgan fingerprint density at radius 2 is 1.52 bits per heavy atom. The van der Waals surface area contributed by atoms with E-state index >= 15 is 0 Å². The topological polar surface area (TPSA) is 75.7 Å². The van der Waals surface area contributed by atoms with Crippen LogP contribution in [0.4, 0.5) is 5.69 Å². The van der Waals surface area contributed by atoms with E-state index in [9.17, 15) is 14.4 Å². The van der Waals surface area contributed by atoms with E-state index < -0.39 is 11.6 Å². The summed E-state index contributed by atoms with van der Waals surface area (Å²) in [7, 11) is 0. The molecule has 1 unspecified atom stereocenters. The number of hydrogen-bond acceptors (Lipinski definition) is 4. The molecule has 1 aliphatic heterocycles. The summed E-state index contributed by atoms with van der Waals surface area (Å²) in [6.07, 6.45) is -0.736. The van der Waals surface area contributed by atoms with Crippen LogP contribution in [-0.4, -0.2) is 40.9 Å². The molecule has 2 aromatic carbocycles. The van der Waals surface area contributed by atoms with E-state index in [4.69, 9.17) is 4.74 Å². The predicted octanol–water partition coefficient (Wildman–Crippen LogP) is 3.11. The molecule has 0 fully saturated rings. The van der Waals surface area contributed by atoms with Gasteiger partial charge in [0, 0.05) is 5.69 Å². The van der Waals surface area contributed by atoms with Crippen LogP contribution in [0, 0.1) is 0 Å². The number of benzene rings is 2. The number of carbonyl (C=O) groups excluding carboxylic acids is 3. The maximum Gasteiger partial charge on any atom is 0.262 e. The highest BCUT2D eigenvalue weighted by Gasteiger charge is 2.44. The third kappa shape index (κ3) is 3.75. The first-order chi connectivity index (χ1) is 12.8. The molecule has 6 heteroatoms. The van der Waals surface area contributed by atoms with Gasteiger partial charge in [-0.2, -0.15) is 0 Å². The van der Waals surface area contributed by atoms with Gasteiger partial charge < -0.3 is 10.1 Å². The standard InChI is InChI=1S/C21H22N2O4/c1-14(18(24)22-15-9-5-4-6-10-15)27-13-21(2,3)23-19(25)16-11-7-8-12-17(16)20(23)26/h4-12,14H,13H2,1-3H3,(H,22,24). The van der Waals surface area contributed by atoms with Crippen molar-refractivity contribution in [2.75, 3.05) is 11.9 Å². The van der Waals surface area contributed by atoms with Crippen molar-refractivity contribution in [3.63, 3.8) is 0 Å². The van der Waals surface area contributed by atoms with Gasteiger partial charge in [0.1, 0.15) is 6.10 Å². The molecule has 0 aliphatic carbocycles. The molecule has 0 radical (unpaired) electrons. The zero-order chi connectivity index (χ0) is 19.6. The average molecular weight is 366 g/mol. The molecule has 27 heavy (non-hydrogen) atoms. The number of hydrogen-bond donors (Lipinski definition) is 1. The minimum absolute atomic E-state index is 0.0435. The highest BCUT2D eigenvalue weighted by molar-refractivity contribution is 6.21. The lowest BCUT2D eigenvalue weighted by molar-refractivity contribution is -0.128. The Kier molecular flexibility index (Phi) is 5.10. The highest BCUT2D eigenvalue weighted by atomic mass is 16.5. The van der Waals surface area contributed by atoms with Gasteiger partial charge >= 0.3 is 0 Å². The van der Waals surface area contributed by atoms with Gasteiger partial charge in [0.05, 0.1) is 23.3 Å². The predicted molar refractivity (Wildman–Crippen MR) is 102 cm³/mol. The van der Waals surface area contributed by atoms with Crippen molar-refractivity contribution < 1.29 is 19.1 Å². The number of para-hydroxylation sites is 1. The fraction of sp³-hybridized carbons (Fsp3) is 0.286. The second kappa shape index (κ2) is 7.32. The number of rotatable bonds is 6. The monoisotopic (exact) mass is 366 g/mol.